The summed E-state index contributed by atoms with van der Waals surface area (Å²) in [4.78, 5) is 18.6. The van der Waals surface area contributed by atoms with Crippen molar-refractivity contribution < 1.29 is 18.6 Å². The topological polar surface area (TPSA) is 94.5 Å². The van der Waals surface area contributed by atoms with Crippen LogP contribution < -0.4 is 0 Å². The third kappa shape index (κ3) is 4.45. The van der Waals surface area contributed by atoms with Crippen LogP contribution in [0.3, 0.4) is 0 Å². The van der Waals surface area contributed by atoms with Gasteiger partial charge in [-0.1, -0.05) is 10.3 Å². The minimum absolute atomic E-state index is 0.120. The Kier molecular flexibility index (Phi) is 4.89. The number of aromatic nitrogens is 3. The van der Waals surface area contributed by atoms with Crippen LogP contribution in [-0.4, -0.2) is 44.8 Å². The van der Waals surface area contributed by atoms with Gasteiger partial charge in [0, 0.05) is 25.1 Å². The van der Waals surface area contributed by atoms with Crippen molar-refractivity contribution >= 4 is 5.91 Å². The zero-order chi connectivity index (χ0) is 18.0. The lowest BCUT2D eigenvalue weighted by Crippen LogP contribution is -2.38. The summed E-state index contributed by atoms with van der Waals surface area (Å²) in [6, 6.07) is 1.65. The van der Waals surface area contributed by atoms with Gasteiger partial charge < -0.3 is 18.7 Å². The SMILES string of the molecule is Cc1noc(C2CCN(C(=O)c3cc(COC(C)(C)C)on3)CC2)n1. The van der Waals surface area contributed by atoms with E-state index in [1.807, 2.05) is 20.8 Å². The van der Waals surface area contributed by atoms with Gasteiger partial charge in [-0.15, -0.1) is 0 Å². The lowest BCUT2D eigenvalue weighted by atomic mass is 9.96. The second kappa shape index (κ2) is 6.95. The molecule has 1 saturated heterocycles. The standard InChI is InChI=1S/C17H24N4O4/c1-11-18-15(25-19-11)12-5-7-21(8-6-12)16(22)14-9-13(24-20-14)10-23-17(2,3)4/h9,12H,5-8,10H2,1-4H3. The Morgan fingerprint density at radius 1 is 1.28 bits per heavy atom. The van der Waals surface area contributed by atoms with Gasteiger partial charge >= 0.3 is 0 Å². The predicted octanol–water partition coefficient (Wildman–Crippen LogP) is 2.70. The molecule has 8 nitrogen and oxygen atoms in total. The molecule has 0 unspecified atom stereocenters. The Bertz CT molecular complexity index is 723. The number of likely N-dealkylation sites (tertiary alicyclic amines) is 1. The fourth-order valence-corrected chi connectivity index (χ4v) is 2.74. The maximum Gasteiger partial charge on any atom is 0.276 e. The number of carbonyl (C=O) groups excluding carboxylic acids is 1. The van der Waals surface area contributed by atoms with Gasteiger partial charge in [-0.2, -0.15) is 4.98 Å². The van der Waals surface area contributed by atoms with Gasteiger partial charge in [0.15, 0.2) is 17.3 Å². The van der Waals surface area contributed by atoms with Crippen LogP contribution >= 0.6 is 0 Å². The van der Waals surface area contributed by atoms with Crippen LogP contribution in [0.1, 0.15) is 67.5 Å². The molecular weight excluding hydrogens is 324 g/mol. The van der Waals surface area contributed by atoms with E-state index in [1.54, 1.807) is 17.9 Å². The molecule has 0 saturated carbocycles. The molecule has 0 aliphatic carbocycles. The third-order valence-corrected chi connectivity index (χ3v) is 4.10. The molecule has 0 radical (unpaired) electrons. The molecule has 1 aliphatic rings. The van der Waals surface area contributed by atoms with Crippen LogP contribution in [0, 0.1) is 6.92 Å². The number of nitrogens with zero attached hydrogens (tertiary/aromatic N) is 4. The third-order valence-electron chi connectivity index (χ3n) is 4.10. The molecule has 2 aromatic rings. The molecule has 25 heavy (non-hydrogen) atoms. The van der Waals surface area contributed by atoms with Crippen molar-refractivity contribution in [1.82, 2.24) is 20.2 Å². The average Bonchev–Trinajstić information content (AvgIpc) is 3.21. The second-order valence-corrected chi connectivity index (χ2v) is 7.33. The zero-order valence-corrected chi connectivity index (χ0v) is 15.1. The first-order chi connectivity index (χ1) is 11.8. The first-order valence-electron chi connectivity index (χ1n) is 8.51. The van der Waals surface area contributed by atoms with E-state index in [2.05, 4.69) is 15.3 Å². The molecule has 8 heteroatoms. The van der Waals surface area contributed by atoms with Crippen LogP contribution in [0.25, 0.3) is 0 Å². The highest BCUT2D eigenvalue weighted by Gasteiger charge is 2.29. The first kappa shape index (κ1) is 17.6. The monoisotopic (exact) mass is 348 g/mol. The number of ether oxygens (including phenoxy) is 1. The number of amides is 1. The first-order valence-corrected chi connectivity index (χ1v) is 8.51. The second-order valence-electron chi connectivity index (χ2n) is 7.33. The lowest BCUT2D eigenvalue weighted by molar-refractivity contribution is -0.0241. The molecule has 1 fully saturated rings. The van der Waals surface area contributed by atoms with Crippen LogP contribution in [0.5, 0.6) is 0 Å². The van der Waals surface area contributed by atoms with Gasteiger partial charge in [-0.3, -0.25) is 4.79 Å². The van der Waals surface area contributed by atoms with E-state index >= 15 is 0 Å². The van der Waals surface area contributed by atoms with Gasteiger partial charge in [0.25, 0.3) is 5.91 Å². The van der Waals surface area contributed by atoms with Crippen molar-refractivity contribution in [3.05, 3.63) is 29.2 Å². The van der Waals surface area contributed by atoms with Gasteiger partial charge in [-0.05, 0) is 40.5 Å². The molecule has 1 amide bonds. The van der Waals surface area contributed by atoms with Gasteiger partial charge in [0.05, 0.1) is 5.60 Å². The van der Waals surface area contributed by atoms with Gasteiger partial charge in [0.2, 0.25) is 5.89 Å². The molecule has 2 aromatic heterocycles. The molecule has 0 aromatic carbocycles. The molecule has 136 valence electrons. The summed E-state index contributed by atoms with van der Waals surface area (Å²) in [7, 11) is 0. The largest absolute Gasteiger partial charge is 0.368 e. The van der Waals surface area contributed by atoms with Crippen LogP contribution in [0.4, 0.5) is 0 Å². The minimum atomic E-state index is -0.272. The molecular formula is C17H24N4O4. The zero-order valence-electron chi connectivity index (χ0n) is 15.1. The number of piperidine rings is 1. The quantitative estimate of drug-likeness (QED) is 0.838. The number of hydrogen-bond acceptors (Lipinski definition) is 7. The number of hydrogen-bond donors (Lipinski definition) is 0. The van der Waals surface area contributed by atoms with E-state index in [0.717, 1.165) is 12.8 Å². The average molecular weight is 348 g/mol. The molecule has 0 bridgehead atoms. The van der Waals surface area contributed by atoms with Crippen molar-refractivity contribution in [2.24, 2.45) is 0 Å². The van der Waals surface area contributed by atoms with Crippen molar-refractivity contribution in [1.29, 1.82) is 0 Å². The summed E-state index contributed by atoms with van der Waals surface area (Å²) in [6.45, 7) is 9.25. The fraction of sp³-hybridized carbons (Fsp3) is 0.647. The molecule has 0 spiro atoms. The smallest absolute Gasteiger partial charge is 0.276 e. The van der Waals surface area contributed by atoms with Gasteiger partial charge in [-0.25, -0.2) is 0 Å². The van der Waals surface area contributed by atoms with E-state index < -0.39 is 0 Å². The highest BCUT2D eigenvalue weighted by Crippen LogP contribution is 2.27. The predicted molar refractivity (Wildman–Crippen MR) is 88.0 cm³/mol. The van der Waals surface area contributed by atoms with Crippen LogP contribution in [-0.2, 0) is 11.3 Å². The van der Waals surface area contributed by atoms with Crippen molar-refractivity contribution in [2.75, 3.05) is 13.1 Å². The Morgan fingerprint density at radius 3 is 2.60 bits per heavy atom. The maximum absolute atomic E-state index is 12.6. The van der Waals surface area contributed by atoms with Crippen molar-refractivity contribution in [3.8, 4) is 0 Å². The van der Waals surface area contributed by atoms with E-state index in [1.165, 1.54) is 0 Å². The van der Waals surface area contributed by atoms with Gasteiger partial charge in [0.1, 0.15) is 6.61 Å². The number of rotatable bonds is 4. The van der Waals surface area contributed by atoms with E-state index in [4.69, 9.17) is 13.8 Å². The summed E-state index contributed by atoms with van der Waals surface area (Å²) < 4.78 is 16.1. The summed E-state index contributed by atoms with van der Waals surface area (Å²) in [5.41, 5.74) is 0.0472. The van der Waals surface area contributed by atoms with E-state index in [-0.39, 0.29) is 17.4 Å². The Balaban J connectivity index is 1.55. The Hall–Kier alpha value is -2.22. The van der Waals surface area contributed by atoms with Crippen molar-refractivity contribution in [2.45, 2.75) is 58.7 Å². The normalized spacial score (nSPS) is 16.4. The molecule has 3 heterocycles. The number of carbonyl (C=O) groups is 1. The Morgan fingerprint density at radius 2 is 2.00 bits per heavy atom. The summed E-state index contributed by atoms with van der Waals surface area (Å²) >= 11 is 0. The summed E-state index contributed by atoms with van der Waals surface area (Å²) in [5, 5.41) is 7.72. The highest BCUT2D eigenvalue weighted by atomic mass is 16.5. The number of aryl methyl sites for hydroxylation is 1. The highest BCUT2D eigenvalue weighted by molar-refractivity contribution is 5.92. The summed E-state index contributed by atoms with van der Waals surface area (Å²) in [5.74, 6) is 1.94. The molecule has 3 rings (SSSR count). The van der Waals surface area contributed by atoms with Crippen LogP contribution in [0.2, 0.25) is 0 Å². The molecule has 1 aliphatic heterocycles. The van der Waals surface area contributed by atoms with Crippen LogP contribution in [0.15, 0.2) is 15.1 Å². The fourth-order valence-electron chi connectivity index (χ4n) is 2.74. The van der Waals surface area contributed by atoms with E-state index in [9.17, 15) is 4.79 Å². The van der Waals surface area contributed by atoms with Crippen molar-refractivity contribution in [3.63, 3.8) is 0 Å². The Labute approximate surface area is 146 Å². The molecule has 0 atom stereocenters. The minimum Gasteiger partial charge on any atom is -0.368 e. The van der Waals surface area contributed by atoms with E-state index in [0.29, 0.717) is 42.9 Å². The molecule has 0 N–H and O–H groups in total. The lowest BCUT2D eigenvalue weighted by Gasteiger charge is -2.29. The summed E-state index contributed by atoms with van der Waals surface area (Å²) in [6.07, 6.45) is 1.59. The maximum atomic E-state index is 12.6.